The molecular weight excluding hydrogens is 316 g/mol. The summed E-state index contributed by atoms with van der Waals surface area (Å²) in [5.74, 6) is 1.14. The van der Waals surface area contributed by atoms with Gasteiger partial charge in [-0.15, -0.1) is 0 Å². The zero-order chi connectivity index (χ0) is 17.4. The van der Waals surface area contributed by atoms with Gasteiger partial charge in [0.1, 0.15) is 5.76 Å². The highest BCUT2D eigenvalue weighted by atomic mass is 16.5. The number of carbonyl (C=O) groups excluding carboxylic acids is 1. The molecule has 0 aliphatic carbocycles. The van der Waals surface area contributed by atoms with Crippen LogP contribution in [0.5, 0.6) is 0 Å². The van der Waals surface area contributed by atoms with Crippen LogP contribution < -0.4 is 5.32 Å². The average molecular weight is 346 g/mol. The first-order valence-corrected chi connectivity index (χ1v) is 9.71. The summed E-state index contributed by atoms with van der Waals surface area (Å²) in [6.45, 7) is 10.0. The highest BCUT2D eigenvalue weighted by Gasteiger charge is 2.45. The van der Waals surface area contributed by atoms with E-state index < -0.39 is 0 Å². The Kier molecular flexibility index (Phi) is 4.58. The third-order valence-electron chi connectivity index (χ3n) is 6.58. The molecule has 6 nitrogen and oxygen atoms in total. The van der Waals surface area contributed by atoms with E-state index in [1.165, 1.54) is 19.4 Å². The molecule has 0 saturated carbocycles. The minimum absolute atomic E-state index is 0.189. The normalized spacial score (nSPS) is 27.4. The van der Waals surface area contributed by atoms with E-state index in [-0.39, 0.29) is 5.41 Å². The van der Waals surface area contributed by atoms with E-state index in [0.29, 0.717) is 24.9 Å². The number of rotatable bonds is 3. The number of hydrogen-bond acceptors (Lipinski definition) is 5. The lowest BCUT2D eigenvalue weighted by Crippen LogP contribution is -2.51. The lowest BCUT2D eigenvalue weighted by Gasteiger charge is -2.43. The Labute approximate surface area is 149 Å². The standard InChI is InChI=1S/C19H30N4O2/c1-14-17(15(2)25-21-14)12-23-13-19(10-18(23)24)5-8-22(9-6-19)16-4-3-7-20-11-16/h16,20H,3-13H2,1-2H3/t16-/m1/s1. The van der Waals surface area contributed by atoms with E-state index in [1.54, 1.807) is 0 Å². The van der Waals surface area contributed by atoms with Gasteiger partial charge in [-0.25, -0.2) is 0 Å². The van der Waals surface area contributed by atoms with E-state index in [9.17, 15) is 4.79 Å². The number of carbonyl (C=O) groups is 1. The number of nitrogens with zero attached hydrogens (tertiary/aromatic N) is 3. The number of likely N-dealkylation sites (tertiary alicyclic amines) is 2. The summed E-state index contributed by atoms with van der Waals surface area (Å²) in [5, 5.41) is 7.55. The molecule has 3 aliphatic heterocycles. The maximum atomic E-state index is 12.6. The van der Waals surface area contributed by atoms with Crippen LogP contribution in [0.1, 0.15) is 49.1 Å². The molecule has 4 heterocycles. The Balaban J connectivity index is 1.37. The van der Waals surface area contributed by atoms with Crippen LogP contribution in [-0.2, 0) is 11.3 Å². The first-order chi connectivity index (χ1) is 12.1. The maximum absolute atomic E-state index is 12.6. The van der Waals surface area contributed by atoms with Crippen molar-refractivity contribution in [3.8, 4) is 0 Å². The second-order valence-electron chi connectivity index (χ2n) is 8.27. The topological polar surface area (TPSA) is 61.6 Å². The summed E-state index contributed by atoms with van der Waals surface area (Å²) in [6, 6.07) is 0.696. The van der Waals surface area contributed by atoms with E-state index in [4.69, 9.17) is 4.52 Å². The SMILES string of the molecule is Cc1noc(C)c1CN1CC2(CCN([C@@H]3CCCNC3)CC2)CC1=O. The van der Waals surface area contributed by atoms with Gasteiger partial charge in [-0.3, -0.25) is 9.69 Å². The molecule has 6 heteroatoms. The van der Waals surface area contributed by atoms with Crippen LogP contribution in [0.15, 0.2) is 4.52 Å². The highest BCUT2D eigenvalue weighted by Crippen LogP contribution is 2.42. The van der Waals surface area contributed by atoms with Crippen LogP contribution in [0, 0.1) is 19.3 Å². The van der Waals surface area contributed by atoms with Crippen molar-refractivity contribution in [3.05, 3.63) is 17.0 Å². The first kappa shape index (κ1) is 17.0. The van der Waals surface area contributed by atoms with Gasteiger partial charge in [-0.1, -0.05) is 5.16 Å². The number of aromatic nitrogens is 1. The Morgan fingerprint density at radius 3 is 2.76 bits per heavy atom. The molecule has 0 radical (unpaired) electrons. The van der Waals surface area contributed by atoms with Gasteiger partial charge >= 0.3 is 0 Å². The number of hydrogen-bond donors (Lipinski definition) is 1. The summed E-state index contributed by atoms with van der Waals surface area (Å²) in [7, 11) is 0. The molecule has 1 spiro atoms. The van der Waals surface area contributed by atoms with E-state index in [1.807, 2.05) is 18.7 Å². The minimum atomic E-state index is 0.189. The average Bonchev–Trinajstić information content (AvgIpc) is 3.10. The van der Waals surface area contributed by atoms with E-state index in [2.05, 4.69) is 15.4 Å². The zero-order valence-corrected chi connectivity index (χ0v) is 15.5. The predicted octanol–water partition coefficient (Wildman–Crippen LogP) is 1.86. The molecule has 1 atom stereocenters. The molecule has 0 aromatic carbocycles. The van der Waals surface area contributed by atoms with Crippen molar-refractivity contribution in [1.82, 2.24) is 20.3 Å². The summed E-state index contributed by atoms with van der Waals surface area (Å²) >= 11 is 0. The van der Waals surface area contributed by atoms with Crippen molar-refractivity contribution >= 4 is 5.91 Å². The summed E-state index contributed by atoms with van der Waals surface area (Å²) in [5.41, 5.74) is 2.18. The molecule has 1 N–H and O–H groups in total. The molecular formula is C19H30N4O2. The van der Waals surface area contributed by atoms with E-state index >= 15 is 0 Å². The van der Waals surface area contributed by atoms with Gasteiger partial charge in [0.15, 0.2) is 0 Å². The van der Waals surface area contributed by atoms with Crippen LogP contribution in [0.3, 0.4) is 0 Å². The van der Waals surface area contributed by atoms with Crippen molar-refractivity contribution in [2.75, 3.05) is 32.7 Å². The van der Waals surface area contributed by atoms with Crippen LogP contribution in [0.25, 0.3) is 0 Å². The van der Waals surface area contributed by atoms with Gasteiger partial charge < -0.3 is 14.7 Å². The van der Waals surface area contributed by atoms with Crippen molar-refractivity contribution < 1.29 is 9.32 Å². The van der Waals surface area contributed by atoms with Crippen molar-refractivity contribution in [2.24, 2.45) is 5.41 Å². The van der Waals surface area contributed by atoms with Gasteiger partial charge in [0.05, 0.1) is 12.2 Å². The Morgan fingerprint density at radius 1 is 1.32 bits per heavy atom. The second-order valence-corrected chi connectivity index (χ2v) is 8.27. The smallest absolute Gasteiger partial charge is 0.223 e. The molecule has 0 unspecified atom stereocenters. The Hall–Kier alpha value is -1.40. The molecule has 0 bridgehead atoms. The fourth-order valence-electron chi connectivity index (χ4n) is 4.89. The third-order valence-corrected chi connectivity index (χ3v) is 6.58. The van der Waals surface area contributed by atoms with Crippen LogP contribution >= 0.6 is 0 Å². The predicted molar refractivity (Wildman–Crippen MR) is 95.1 cm³/mol. The molecule has 25 heavy (non-hydrogen) atoms. The van der Waals surface area contributed by atoms with Crippen molar-refractivity contribution in [2.45, 2.75) is 58.5 Å². The molecule has 1 aromatic heterocycles. The van der Waals surface area contributed by atoms with Gasteiger partial charge in [-0.05, 0) is 64.6 Å². The highest BCUT2D eigenvalue weighted by molar-refractivity contribution is 5.79. The summed E-state index contributed by atoms with van der Waals surface area (Å²) in [4.78, 5) is 17.3. The third kappa shape index (κ3) is 3.34. The molecule has 138 valence electrons. The summed E-state index contributed by atoms with van der Waals surface area (Å²) < 4.78 is 5.26. The van der Waals surface area contributed by atoms with Crippen LogP contribution in [0.4, 0.5) is 0 Å². The minimum Gasteiger partial charge on any atom is -0.361 e. The van der Waals surface area contributed by atoms with Crippen LogP contribution in [-0.4, -0.2) is 59.6 Å². The van der Waals surface area contributed by atoms with Gasteiger partial charge in [0.2, 0.25) is 5.91 Å². The van der Waals surface area contributed by atoms with Crippen molar-refractivity contribution in [3.63, 3.8) is 0 Å². The summed E-state index contributed by atoms with van der Waals surface area (Å²) in [6.07, 6.45) is 5.61. The lowest BCUT2D eigenvalue weighted by molar-refractivity contribution is -0.128. The van der Waals surface area contributed by atoms with Crippen molar-refractivity contribution in [1.29, 1.82) is 0 Å². The number of aryl methyl sites for hydroxylation is 2. The molecule has 1 aromatic rings. The first-order valence-electron chi connectivity index (χ1n) is 9.71. The van der Waals surface area contributed by atoms with E-state index in [0.717, 1.165) is 56.0 Å². The molecule has 4 rings (SSSR count). The number of piperidine rings is 2. The molecule has 3 aliphatic rings. The Morgan fingerprint density at radius 2 is 2.12 bits per heavy atom. The quantitative estimate of drug-likeness (QED) is 0.905. The van der Waals surface area contributed by atoms with Crippen LogP contribution in [0.2, 0.25) is 0 Å². The lowest BCUT2D eigenvalue weighted by atomic mass is 9.77. The number of amides is 1. The van der Waals surface area contributed by atoms with Gasteiger partial charge in [0.25, 0.3) is 0 Å². The maximum Gasteiger partial charge on any atom is 0.223 e. The second kappa shape index (κ2) is 6.72. The number of nitrogens with one attached hydrogen (secondary N) is 1. The van der Waals surface area contributed by atoms with Gasteiger partial charge in [-0.2, -0.15) is 0 Å². The zero-order valence-electron chi connectivity index (χ0n) is 15.5. The Bertz CT molecular complexity index is 608. The molecule has 3 fully saturated rings. The monoisotopic (exact) mass is 346 g/mol. The fourth-order valence-corrected chi connectivity index (χ4v) is 4.89. The molecule has 3 saturated heterocycles. The molecule has 1 amide bonds. The fraction of sp³-hybridized carbons (Fsp3) is 0.789. The van der Waals surface area contributed by atoms with Gasteiger partial charge in [0, 0.05) is 31.1 Å². The largest absolute Gasteiger partial charge is 0.361 e.